The fraction of sp³-hybridized carbons (Fsp3) is 0.235. The van der Waals surface area contributed by atoms with E-state index in [1.54, 1.807) is 18.2 Å². The fourth-order valence-corrected chi connectivity index (χ4v) is 2.96. The van der Waals surface area contributed by atoms with Crippen molar-refractivity contribution in [3.63, 3.8) is 0 Å². The summed E-state index contributed by atoms with van der Waals surface area (Å²) < 4.78 is 15.8. The van der Waals surface area contributed by atoms with Gasteiger partial charge in [0.1, 0.15) is 0 Å². The van der Waals surface area contributed by atoms with Crippen molar-refractivity contribution in [2.75, 3.05) is 25.3 Å². The van der Waals surface area contributed by atoms with Crippen molar-refractivity contribution >= 4 is 17.2 Å². The third-order valence-corrected chi connectivity index (χ3v) is 4.12. The Morgan fingerprint density at radius 2 is 1.96 bits per heavy atom. The molecule has 0 atom stereocenters. The smallest absolute Gasteiger partial charge is 0.231 e. The average Bonchev–Trinajstić information content (AvgIpc) is 3.01. The summed E-state index contributed by atoms with van der Waals surface area (Å²) in [6, 6.07) is 8.73. The van der Waals surface area contributed by atoms with E-state index in [1.807, 2.05) is 17.0 Å². The van der Waals surface area contributed by atoms with Crippen LogP contribution in [0.5, 0.6) is 23.0 Å². The lowest BCUT2D eigenvalue weighted by atomic mass is 9.99. The number of methoxy groups -OCH3 is 1. The minimum absolute atomic E-state index is 0.0594. The van der Waals surface area contributed by atoms with Gasteiger partial charge in [0.2, 0.25) is 6.79 Å². The van der Waals surface area contributed by atoms with Gasteiger partial charge in [-0.3, -0.25) is 4.79 Å². The van der Waals surface area contributed by atoms with E-state index < -0.39 is 0 Å². The number of hydrogen-bond acceptors (Lipinski definition) is 6. The molecular formula is C17H15NO5. The second kappa shape index (κ2) is 5.08. The predicted molar refractivity (Wildman–Crippen MR) is 83.2 cm³/mol. The van der Waals surface area contributed by atoms with Crippen LogP contribution >= 0.6 is 0 Å². The highest BCUT2D eigenvalue weighted by Crippen LogP contribution is 2.43. The maximum Gasteiger partial charge on any atom is 0.231 e. The highest BCUT2D eigenvalue weighted by Gasteiger charge is 2.28. The van der Waals surface area contributed by atoms with E-state index in [1.165, 1.54) is 7.11 Å². The Hall–Kier alpha value is -2.89. The molecule has 23 heavy (non-hydrogen) atoms. The second-order valence-corrected chi connectivity index (χ2v) is 5.40. The van der Waals surface area contributed by atoms with Gasteiger partial charge in [-0.15, -0.1) is 0 Å². The molecule has 2 aliphatic heterocycles. The number of hydrogen-bond donors (Lipinski definition) is 1. The zero-order valence-corrected chi connectivity index (χ0v) is 12.5. The molecule has 6 nitrogen and oxygen atoms in total. The van der Waals surface area contributed by atoms with E-state index in [0.717, 1.165) is 11.4 Å². The summed E-state index contributed by atoms with van der Waals surface area (Å²) in [5, 5.41) is 10.0. The lowest BCUT2D eigenvalue weighted by molar-refractivity contribution is 0.0981. The third kappa shape index (κ3) is 2.14. The Bertz CT molecular complexity index is 802. The second-order valence-electron chi connectivity index (χ2n) is 5.40. The molecule has 0 amide bonds. The number of Topliss-reactive ketones (excluding diaryl/α,β-unsaturated/α-hetero) is 1. The lowest BCUT2D eigenvalue weighted by Gasteiger charge is -2.31. The number of ketones is 1. The molecule has 6 heteroatoms. The van der Waals surface area contributed by atoms with Crippen LogP contribution in [0.4, 0.5) is 11.4 Å². The van der Waals surface area contributed by atoms with Gasteiger partial charge in [-0.25, -0.2) is 0 Å². The molecular weight excluding hydrogens is 298 g/mol. The molecule has 2 heterocycles. The first-order valence-electron chi connectivity index (χ1n) is 7.29. The quantitative estimate of drug-likeness (QED) is 0.919. The van der Waals surface area contributed by atoms with E-state index in [4.69, 9.17) is 14.2 Å². The number of carbonyl (C=O) groups is 1. The van der Waals surface area contributed by atoms with Crippen LogP contribution in [0.2, 0.25) is 0 Å². The number of benzene rings is 2. The zero-order valence-electron chi connectivity index (χ0n) is 12.5. The Morgan fingerprint density at radius 3 is 2.70 bits per heavy atom. The molecule has 2 aromatic carbocycles. The number of phenols is 1. The summed E-state index contributed by atoms with van der Waals surface area (Å²) in [5.74, 6) is 1.77. The van der Waals surface area contributed by atoms with Crippen molar-refractivity contribution in [1.29, 1.82) is 0 Å². The first-order valence-corrected chi connectivity index (χ1v) is 7.29. The highest BCUT2D eigenvalue weighted by molar-refractivity contribution is 6.05. The van der Waals surface area contributed by atoms with Gasteiger partial charge in [0.25, 0.3) is 0 Å². The van der Waals surface area contributed by atoms with Gasteiger partial charge < -0.3 is 24.2 Å². The van der Waals surface area contributed by atoms with E-state index >= 15 is 0 Å². The van der Waals surface area contributed by atoms with Crippen molar-refractivity contribution in [3.8, 4) is 23.0 Å². The standard InChI is InChI=1S/C17H15NO5/c1-21-15-3-2-10(6-14(15)20)18-5-4-13(19)11-7-16-17(8-12(11)18)23-9-22-16/h2-3,6-8,20H,4-5,9H2,1H3. The molecule has 0 aromatic heterocycles. The summed E-state index contributed by atoms with van der Waals surface area (Å²) in [5.41, 5.74) is 2.15. The number of ether oxygens (including phenoxy) is 3. The molecule has 4 rings (SSSR count). The Morgan fingerprint density at radius 1 is 1.17 bits per heavy atom. The maximum absolute atomic E-state index is 12.2. The van der Waals surface area contributed by atoms with Crippen LogP contribution in [-0.4, -0.2) is 31.3 Å². The van der Waals surface area contributed by atoms with E-state index in [0.29, 0.717) is 35.8 Å². The molecule has 1 N–H and O–H groups in total. The van der Waals surface area contributed by atoms with Crippen LogP contribution in [0.15, 0.2) is 30.3 Å². The topological polar surface area (TPSA) is 68.2 Å². The molecule has 118 valence electrons. The van der Waals surface area contributed by atoms with Crippen LogP contribution in [0, 0.1) is 0 Å². The van der Waals surface area contributed by atoms with Gasteiger partial charge in [0, 0.05) is 36.3 Å². The van der Waals surface area contributed by atoms with Gasteiger partial charge in [-0.1, -0.05) is 0 Å². The van der Waals surface area contributed by atoms with Crippen molar-refractivity contribution in [3.05, 3.63) is 35.9 Å². The number of carbonyl (C=O) groups excluding carboxylic acids is 1. The minimum Gasteiger partial charge on any atom is -0.504 e. The first-order chi connectivity index (χ1) is 11.2. The lowest BCUT2D eigenvalue weighted by Crippen LogP contribution is -2.27. The first kappa shape index (κ1) is 13.8. The Labute approximate surface area is 132 Å². The molecule has 2 aromatic rings. The molecule has 0 spiro atoms. The number of rotatable bonds is 2. The van der Waals surface area contributed by atoms with Gasteiger partial charge in [0.15, 0.2) is 28.8 Å². The molecule has 0 saturated heterocycles. The summed E-state index contributed by atoms with van der Waals surface area (Å²) in [4.78, 5) is 14.2. The summed E-state index contributed by atoms with van der Waals surface area (Å²) in [6.07, 6.45) is 0.402. The number of anilines is 2. The molecule has 0 aliphatic carbocycles. The summed E-state index contributed by atoms with van der Waals surface area (Å²) >= 11 is 0. The maximum atomic E-state index is 12.2. The molecule has 0 radical (unpaired) electrons. The molecule has 2 aliphatic rings. The predicted octanol–water partition coefficient (Wildman–Crippen LogP) is 2.85. The van der Waals surface area contributed by atoms with Crippen LogP contribution < -0.4 is 19.1 Å². The van der Waals surface area contributed by atoms with Crippen molar-refractivity contribution in [2.24, 2.45) is 0 Å². The molecule has 0 saturated carbocycles. The number of aromatic hydroxyl groups is 1. The van der Waals surface area contributed by atoms with Crippen molar-refractivity contribution < 1.29 is 24.1 Å². The zero-order chi connectivity index (χ0) is 16.0. The van der Waals surface area contributed by atoms with Crippen LogP contribution in [0.1, 0.15) is 16.8 Å². The van der Waals surface area contributed by atoms with Crippen LogP contribution in [0.3, 0.4) is 0 Å². The van der Waals surface area contributed by atoms with Gasteiger partial charge in [0.05, 0.1) is 12.8 Å². The number of nitrogens with zero attached hydrogens (tertiary/aromatic N) is 1. The van der Waals surface area contributed by atoms with Gasteiger partial charge in [-0.2, -0.15) is 0 Å². The van der Waals surface area contributed by atoms with Crippen LogP contribution in [-0.2, 0) is 0 Å². The summed E-state index contributed by atoms with van der Waals surface area (Å²) in [7, 11) is 1.50. The van der Waals surface area contributed by atoms with Crippen molar-refractivity contribution in [1.82, 2.24) is 0 Å². The minimum atomic E-state index is 0.0594. The average molecular weight is 313 g/mol. The fourth-order valence-electron chi connectivity index (χ4n) is 2.96. The molecule has 0 fully saturated rings. The number of phenolic OH excluding ortho intramolecular Hbond substituents is 1. The Balaban J connectivity index is 1.81. The third-order valence-electron chi connectivity index (χ3n) is 4.12. The van der Waals surface area contributed by atoms with Gasteiger partial charge in [-0.05, 0) is 18.2 Å². The summed E-state index contributed by atoms with van der Waals surface area (Å²) in [6.45, 7) is 0.701. The molecule has 0 unspecified atom stereocenters. The molecule has 0 bridgehead atoms. The normalized spacial score (nSPS) is 15.5. The van der Waals surface area contributed by atoms with Crippen LogP contribution in [0.25, 0.3) is 0 Å². The van der Waals surface area contributed by atoms with E-state index in [9.17, 15) is 9.90 Å². The van der Waals surface area contributed by atoms with E-state index in [-0.39, 0.29) is 18.3 Å². The highest BCUT2D eigenvalue weighted by atomic mass is 16.7. The van der Waals surface area contributed by atoms with E-state index in [2.05, 4.69) is 0 Å². The largest absolute Gasteiger partial charge is 0.504 e. The number of fused-ring (bicyclic) bond motifs is 2. The van der Waals surface area contributed by atoms with Crippen molar-refractivity contribution in [2.45, 2.75) is 6.42 Å². The SMILES string of the molecule is COc1ccc(N2CCC(=O)c3cc4c(cc32)OCO4)cc1O. The monoisotopic (exact) mass is 313 g/mol. The van der Waals surface area contributed by atoms with Gasteiger partial charge >= 0.3 is 0 Å². The Kier molecular flexibility index (Phi) is 3.04.